The third kappa shape index (κ3) is 3.61. The van der Waals surface area contributed by atoms with Gasteiger partial charge in [-0.3, -0.25) is 4.79 Å². The van der Waals surface area contributed by atoms with Gasteiger partial charge in [0.1, 0.15) is 5.82 Å². The summed E-state index contributed by atoms with van der Waals surface area (Å²) >= 11 is 2.96. The third-order valence-corrected chi connectivity index (χ3v) is 2.64. The molecule has 0 aliphatic rings. The molecule has 0 spiro atoms. The van der Waals surface area contributed by atoms with Crippen LogP contribution in [0, 0.1) is 11.6 Å². The Bertz CT molecular complexity index is 428. The Morgan fingerprint density at radius 3 is 2.76 bits per heavy atom. The van der Waals surface area contributed by atoms with Crippen molar-refractivity contribution >= 4 is 27.5 Å². The van der Waals surface area contributed by atoms with Crippen molar-refractivity contribution in [1.82, 2.24) is 0 Å². The quantitative estimate of drug-likeness (QED) is 0.840. The van der Waals surface area contributed by atoms with Crippen LogP contribution in [0.2, 0.25) is 0 Å². The molecule has 92 valence electrons. The lowest BCUT2D eigenvalue weighted by Crippen LogP contribution is -2.35. The van der Waals surface area contributed by atoms with E-state index in [4.69, 9.17) is 5.73 Å². The fourth-order valence-electron chi connectivity index (χ4n) is 1.16. The number of hydrogen-bond donors (Lipinski definition) is 2. The molecule has 1 rings (SSSR count). The number of benzene rings is 1. The molecule has 1 amide bonds. The fraction of sp³-hybridized carbons (Fsp3) is 0.182. The van der Waals surface area contributed by atoms with E-state index in [1.165, 1.54) is 6.08 Å². The van der Waals surface area contributed by atoms with Crippen molar-refractivity contribution in [2.75, 3.05) is 5.32 Å². The maximum absolute atomic E-state index is 13.4. The number of hydrogen-bond acceptors (Lipinski definition) is 2. The van der Waals surface area contributed by atoms with E-state index in [0.717, 1.165) is 6.07 Å². The van der Waals surface area contributed by atoms with Crippen LogP contribution >= 0.6 is 15.9 Å². The second-order valence-electron chi connectivity index (χ2n) is 3.36. The standard InChI is InChI=1S/C11H11BrF2N2O/c1-2-3-9(15)11(17)16-10-7(12)4-6(13)5-8(10)14/h2,4-5,9H,1,3,15H2,(H,16,17). The Morgan fingerprint density at radius 2 is 2.24 bits per heavy atom. The summed E-state index contributed by atoms with van der Waals surface area (Å²) < 4.78 is 26.3. The molecular formula is C11H11BrF2N2O. The number of amides is 1. The summed E-state index contributed by atoms with van der Waals surface area (Å²) in [5.74, 6) is -2.16. The number of carbonyl (C=O) groups is 1. The van der Waals surface area contributed by atoms with Gasteiger partial charge < -0.3 is 11.1 Å². The molecule has 0 aromatic heterocycles. The molecule has 0 fully saturated rings. The number of anilines is 1. The molecular weight excluding hydrogens is 294 g/mol. The Hall–Kier alpha value is -1.27. The summed E-state index contributed by atoms with van der Waals surface area (Å²) in [7, 11) is 0. The molecule has 0 saturated heterocycles. The molecule has 3 nitrogen and oxygen atoms in total. The average molecular weight is 305 g/mol. The fourth-order valence-corrected chi connectivity index (χ4v) is 1.67. The van der Waals surface area contributed by atoms with E-state index in [0.29, 0.717) is 6.07 Å². The second kappa shape index (κ2) is 5.88. The van der Waals surface area contributed by atoms with Gasteiger partial charge in [0.15, 0.2) is 5.82 Å². The first-order valence-corrected chi connectivity index (χ1v) is 5.57. The van der Waals surface area contributed by atoms with Gasteiger partial charge in [-0.15, -0.1) is 6.58 Å². The van der Waals surface area contributed by atoms with Crippen LogP contribution in [0.25, 0.3) is 0 Å². The smallest absolute Gasteiger partial charge is 0.241 e. The first-order chi connectivity index (χ1) is 7.95. The van der Waals surface area contributed by atoms with E-state index in [2.05, 4.69) is 27.8 Å². The third-order valence-electron chi connectivity index (χ3n) is 2.01. The zero-order valence-corrected chi connectivity index (χ0v) is 10.4. The predicted octanol–water partition coefficient (Wildman–Crippen LogP) is 2.57. The minimum Gasteiger partial charge on any atom is -0.321 e. The molecule has 3 N–H and O–H groups in total. The number of nitrogens with one attached hydrogen (secondary N) is 1. The summed E-state index contributed by atoms with van der Waals surface area (Å²) in [5, 5.41) is 2.29. The molecule has 1 aromatic carbocycles. The number of carbonyl (C=O) groups excluding carboxylic acids is 1. The zero-order chi connectivity index (χ0) is 13.0. The van der Waals surface area contributed by atoms with Crippen molar-refractivity contribution in [3.05, 3.63) is 40.9 Å². The van der Waals surface area contributed by atoms with E-state index >= 15 is 0 Å². The van der Waals surface area contributed by atoms with Gasteiger partial charge in [0.2, 0.25) is 5.91 Å². The molecule has 0 radical (unpaired) electrons. The first kappa shape index (κ1) is 13.8. The van der Waals surface area contributed by atoms with Crippen molar-refractivity contribution in [2.45, 2.75) is 12.5 Å². The summed E-state index contributed by atoms with van der Waals surface area (Å²) in [5.41, 5.74) is 5.38. The van der Waals surface area contributed by atoms with E-state index in [-0.39, 0.29) is 16.6 Å². The molecule has 1 aromatic rings. The SMILES string of the molecule is C=CCC(N)C(=O)Nc1c(F)cc(F)cc1Br. The lowest BCUT2D eigenvalue weighted by molar-refractivity contribution is -0.117. The second-order valence-corrected chi connectivity index (χ2v) is 4.22. The van der Waals surface area contributed by atoms with E-state index in [9.17, 15) is 13.6 Å². The van der Waals surface area contributed by atoms with Crippen molar-refractivity contribution < 1.29 is 13.6 Å². The van der Waals surface area contributed by atoms with Gasteiger partial charge in [0.25, 0.3) is 0 Å². The molecule has 0 aliphatic heterocycles. The molecule has 0 aliphatic carbocycles. The summed E-state index contributed by atoms with van der Waals surface area (Å²) in [6, 6.07) is 0.917. The van der Waals surface area contributed by atoms with Gasteiger partial charge in [-0.2, -0.15) is 0 Å². The highest BCUT2D eigenvalue weighted by Gasteiger charge is 2.16. The Morgan fingerprint density at radius 1 is 1.59 bits per heavy atom. The van der Waals surface area contributed by atoms with Crippen molar-refractivity contribution in [3.63, 3.8) is 0 Å². The van der Waals surface area contributed by atoms with Gasteiger partial charge in [-0.05, 0) is 28.4 Å². The van der Waals surface area contributed by atoms with Gasteiger partial charge in [-0.25, -0.2) is 8.78 Å². The highest BCUT2D eigenvalue weighted by Crippen LogP contribution is 2.26. The van der Waals surface area contributed by atoms with Crippen LogP contribution in [0.4, 0.5) is 14.5 Å². The number of rotatable bonds is 4. The van der Waals surface area contributed by atoms with Crippen molar-refractivity contribution in [3.8, 4) is 0 Å². The lowest BCUT2D eigenvalue weighted by Gasteiger charge is -2.12. The first-order valence-electron chi connectivity index (χ1n) is 4.77. The van der Waals surface area contributed by atoms with Crippen molar-refractivity contribution in [2.24, 2.45) is 5.73 Å². The lowest BCUT2D eigenvalue weighted by atomic mass is 10.2. The summed E-state index contributed by atoms with van der Waals surface area (Å²) in [6.07, 6.45) is 1.76. The van der Waals surface area contributed by atoms with Crippen LogP contribution in [-0.4, -0.2) is 11.9 Å². The largest absolute Gasteiger partial charge is 0.321 e. The van der Waals surface area contributed by atoms with E-state index < -0.39 is 23.6 Å². The predicted molar refractivity (Wildman–Crippen MR) is 65.5 cm³/mol. The van der Waals surface area contributed by atoms with E-state index in [1.807, 2.05) is 0 Å². The van der Waals surface area contributed by atoms with Crippen LogP contribution < -0.4 is 11.1 Å². The molecule has 0 bridgehead atoms. The summed E-state index contributed by atoms with van der Waals surface area (Å²) in [6.45, 7) is 3.44. The van der Waals surface area contributed by atoms with Gasteiger partial charge in [0.05, 0.1) is 11.7 Å². The van der Waals surface area contributed by atoms with Gasteiger partial charge in [-0.1, -0.05) is 6.08 Å². The molecule has 1 atom stereocenters. The Labute approximate surface area is 106 Å². The summed E-state index contributed by atoms with van der Waals surface area (Å²) in [4.78, 5) is 11.5. The Kier molecular flexibility index (Phi) is 4.77. The normalized spacial score (nSPS) is 12.0. The van der Waals surface area contributed by atoms with Crippen LogP contribution in [-0.2, 0) is 4.79 Å². The van der Waals surface area contributed by atoms with Gasteiger partial charge in [0, 0.05) is 10.5 Å². The molecule has 1 unspecified atom stereocenters. The maximum Gasteiger partial charge on any atom is 0.241 e. The average Bonchev–Trinajstić information content (AvgIpc) is 2.23. The monoisotopic (exact) mass is 304 g/mol. The van der Waals surface area contributed by atoms with E-state index in [1.54, 1.807) is 0 Å². The Balaban J connectivity index is 2.88. The minimum atomic E-state index is -0.865. The highest BCUT2D eigenvalue weighted by molar-refractivity contribution is 9.10. The topological polar surface area (TPSA) is 55.1 Å². The number of halogens is 3. The minimum absolute atomic E-state index is 0.120. The molecule has 6 heteroatoms. The van der Waals surface area contributed by atoms with Crippen LogP contribution in [0.15, 0.2) is 29.3 Å². The van der Waals surface area contributed by atoms with Gasteiger partial charge >= 0.3 is 0 Å². The number of nitrogens with two attached hydrogens (primary N) is 1. The maximum atomic E-state index is 13.4. The molecule has 17 heavy (non-hydrogen) atoms. The van der Waals surface area contributed by atoms with Crippen molar-refractivity contribution in [1.29, 1.82) is 0 Å². The highest BCUT2D eigenvalue weighted by atomic mass is 79.9. The molecule has 0 heterocycles. The van der Waals surface area contributed by atoms with Crippen LogP contribution in [0.5, 0.6) is 0 Å². The zero-order valence-electron chi connectivity index (χ0n) is 8.84. The molecule has 0 saturated carbocycles. The van der Waals surface area contributed by atoms with Crippen LogP contribution in [0.3, 0.4) is 0 Å². The van der Waals surface area contributed by atoms with Crippen LogP contribution in [0.1, 0.15) is 6.42 Å².